The molecule has 0 aliphatic rings. The minimum absolute atomic E-state index is 0.0847. The molecule has 0 radical (unpaired) electrons. The molecule has 104 heavy (non-hydrogen) atoms. The van der Waals surface area contributed by atoms with E-state index in [2.05, 4.69) is 65.8 Å². The average Bonchev–Trinajstić information content (AvgIpc) is 0.911. The first-order chi connectivity index (χ1) is 50.4. The number of carbonyl (C=O) groups is 4. The quantitative estimate of drug-likeness (QED) is 0.0169. The molecule has 0 aliphatic heterocycles. The first-order valence-corrected chi connectivity index (χ1v) is 46.3. The summed E-state index contributed by atoms with van der Waals surface area (Å²) in [6, 6.07) is 0. The lowest BCUT2D eigenvalue weighted by Gasteiger charge is -2.21. The summed E-state index contributed by atoms with van der Waals surface area (Å²) < 4.78 is 68.8. The molecule has 0 saturated carbocycles. The zero-order valence-electron chi connectivity index (χ0n) is 67.8. The van der Waals surface area contributed by atoms with Gasteiger partial charge in [0.05, 0.1) is 26.4 Å². The number of allylic oxidation sites excluding steroid dienone is 4. The van der Waals surface area contributed by atoms with Crippen molar-refractivity contribution in [3.05, 3.63) is 24.3 Å². The van der Waals surface area contributed by atoms with E-state index in [0.29, 0.717) is 25.7 Å². The van der Waals surface area contributed by atoms with Crippen LogP contribution in [-0.4, -0.2) is 96.7 Å². The van der Waals surface area contributed by atoms with E-state index < -0.39 is 97.5 Å². The number of esters is 4. The predicted molar refractivity (Wildman–Crippen MR) is 427 cm³/mol. The summed E-state index contributed by atoms with van der Waals surface area (Å²) in [6.45, 7) is 9.61. The van der Waals surface area contributed by atoms with Crippen molar-refractivity contribution in [2.45, 2.75) is 445 Å². The molecule has 0 amide bonds. The Hall–Kier alpha value is -2.46. The van der Waals surface area contributed by atoms with Crippen molar-refractivity contribution in [2.75, 3.05) is 39.6 Å². The number of rotatable bonds is 82. The molecule has 0 bridgehead atoms. The van der Waals surface area contributed by atoms with Crippen LogP contribution in [0.5, 0.6) is 0 Å². The van der Waals surface area contributed by atoms with Gasteiger partial charge in [-0.25, -0.2) is 9.13 Å². The molecule has 17 nitrogen and oxygen atoms in total. The third-order valence-electron chi connectivity index (χ3n) is 19.7. The highest BCUT2D eigenvalue weighted by Gasteiger charge is 2.30. The first-order valence-electron chi connectivity index (χ1n) is 43.3. The molecule has 0 aromatic heterocycles. The summed E-state index contributed by atoms with van der Waals surface area (Å²) in [5.41, 5.74) is 0. The van der Waals surface area contributed by atoms with Gasteiger partial charge in [0.2, 0.25) is 0 Å². The van der Waals surface area contributed by atoms with E-state index in [-0.39, 0.29) is 25.7 Å². The molecule has 3 unspecified atom stereocenters. The van der Waals surface area contributed by atoms with Gasteiger partial charge in [0.25, 0.3) is 0 Å². The van der Waals surface area contributed by atoms with E-state index in [0.717, 1.165) is 121 Å². The van der Waals surface area contributed by atoms with E-state index in [9.17, 15) is 43.2 Å². The fourth-order valence-corrected chi connectivity index (χ4v) is 14.3. The number of carbonyl (C=O) groups excluding carboxylic acids is 4. The number of hydrogen-bond acceptors (Lipinski definition) is 15. The molecule has 614 valence electrons. The summed E-state index contributed by atoms with van der Waals surface area (Å²) in [5.74, 6) is -0.563. The predicted octanol–water partition coefficient (Wildman–Crippen LogP) is 25.4. The third-order valence-corrected chi connectivity index (χ3v) is 21.6. The molecular formula is C85H162O17P2. The van der Waals surface area contributed by atoms with Gasteiger partial charge in [0.15, 0.2) is 12.2 Å². The standard InChI is InChI=1S/C85H162O17P2/c1-7-10-12-14-16-18-20-22-24-25-26-27-28-30-36-40-44-52-58-64-70-84(89)101-80(73-95-82(87)67-61-55-49-42-38-34-32-31-33-37-41-48-54-60-66-78(6)9-3)75-99-103(91,92)97-71-79(86)72-98-104(93,94)100-76-81(74-96-83(88)68-62-56-50-46-45-47-53-59-65-77(4)5)102-85(90)69-63-57-51-43-39-35-29-23-21-19-17-15-13-11-8-2/h19,21,23,29,77-81,86H,7-18,20,22,24-28,30-76H2,1-6H3,(H,91,92)(H,93,94)/b21-19-,29-23-/t78?,79-,80-,81-/m1/s1. The second-order valence-electron chi connectivity index (χ2n) is 30.6. The molecule has 6 atom stereocenters. The lowest BCUT2D eigenvalue weighted by atomic mass is 9.99. The maximum absolute atomic E-state index is 13.1. The molecule has 0 rings (SSSR count). The largest absolute Gasteiger partial charge is 0.472 e. The van der Waals surface area contributed by atoms with Crippen LogP contribution in [0.1, 0.15) is 427 Å². The minimum atomic E-state index is -4.97. The molecule has 0 heterocycles. The van der Waals surface area contributed by atoms with Gasteiger partial charge >= 0.3 is 39.5 Å². The minimum Gasteiger partial charge on any atom is -0.462 e. The van der Waals surface area contributed by atoms with Crippen LogP contribution in [0.2, 0.25) is 0 Å². The van der Waals surface area contributed by atoms with Crippen LogP contribution in [-0.2, 0) is 65.4 Å². The third kappa shape index (κ3) is 76.3. The molecule has 0 spiro atoms. The fourth-order valence-electron chi connectivity index (χ4n) is 12.7. The highest BCUT2D eigenvalue weighted by atomic mass is 31.2. The second-order valence-corrected chi connectivity index (χ2v) is 33.5. The molecular weight excluding hydrogens is 1350 g/mol. The highest BCUT2D eigenvalue weighted by Crippen LogP contribution is 2.45. The van der Waals surface area contributed by atoms with E-state index in [4.69, 9.17) is 37.0 Å². The van der Waals surface area contributed by atoms with E-state index in [1.807, 2.05) is 0 Å². The first kappa shape index (κ1) is 102. The van der Waals surface area contributed by atoms with Crippen molar-refractivity contribution < 1.29 is 80.2 Å². The SMILES string of the molecule is CCCCCC/C=C\C=C/CCCCCCCC(=O)O[C@H](COC(=O)CCCCCCCCCCC(C)C)COP(=O)(O)OC[C@H](O)COP(=O)(O)OC[C@@H](COC(=O)CCCCCCCCCCCCCCCCC(C)CC)OC(=O)CCCCCCCCCCCCCCCCCCCCCC. The summed E-state index contributed by atoms with van der Waals surface area (Å²) in [4.78, 5) is 73.2. The Kier molecular flexibility index (Phi) is 74.1. The normalized spacial score (nSPS) is 14.2. The zero-order chi connectivity index (χ0) is 76.4. The van der Waals surface area contributed by atoms with Crippen molar-refractivity contribution in [2.24, 2.45) is 11.8 Å². The molecule has 0 fully saturated rings. The number of phosphoric ester groups is 2. The van der Waals surface area contributed by atoms with E-state index >= 15 is 0 Å². The molecule has 0 aliphatic carbocycles. The lowest BCUT2D eigenvalue weighted by molar-refractivity contribution is -0.161. The molecule has 3 N–H and O–H groups in total. The van der Waals surface area contributed by atoms with Crippen molar-refractivity contribution in [3.8, 4) is 0 Å². The Labute approximate surface area is 637 Å². The van der Waals surface area contributed by atoms with Gasteiger partial charge < -0.3 is 33.8 Å². The molecule has 0 aromatic carbocycles. The number of aliphatic hydroxyl groups excluding tert-OH is 1. The van der Waals surface area contributed by atoms with Crippen molar-refractivity contribution in [3.63, 3.8) is 0 Å². The van der Waals surface area contributed by atoms with Gasteiger partial charge in [-0.2, -0.15) is 0 Å². The summed E-state index contributed by atoms with van der Waals surface area (Å²) in [7, 11) is -9.94. The summed E-state index contributed by atoms with van der Waals surface area (Å²) >= 11 is 0. The smallest absolute Gasteiger partial charge is 0.462 e. The maximum Gasteiger partial charge on any atom is 0.472 e. The number of aliphatic hydroxyl groups is 1. The molecule has 0 aromatic rings. The fraction of sp³-hybridized carbons (Fsp3) is 0.906. The van der Waals surface area contributed by atoms with Crippen LogP contribution in [0.15, 0.2) is 24.3 Å². The zero-order valence-corrected chi connectivity index (χ0v) is 69.6. The van der Waals surface area contributed by atoms with Crippen LogP contribution in [0.4, 0.5) is 0 Å². The lowest BCUT2D eigenvalue weighted by Crippen LogP contribution is -2.30. The Morgan fingerprint density at radius 2 is 0.567 bits per heavy atom. The second kappa shape index (κ2) is 75.9. The van der Waals surface area contributed by atoms with Gasteiger partial charge in [-0.15, -0.1) is 0 Å². The van der Waals surface area contributed by atoms with Crippen LogP contribution in [0.3, 0.4) is 0 Å². The Morgan fingerprint density at radius 1 is 0.317 bits per heavy atom. The van der Waals surface area contributed by atoms with E-state index in [1.165, 1.54) is 225 Å². The number of phosphoric acid groups is 2. The van der Waals surface area contributed by atoms with Gasteiger partial charge in [0.1, 0.15) is 19.3 Å². The number of hydrogen-bond donors (Lipinski definition) is 3. The van der Waals surface area contributed by atoms with Crippen molar-refractivity contribution >= 4 is 39.5 Å². The van der Waals surface area contributed by atoms with Gasteiger partial charge in [0, 0.05) is 25.7 Å². The number of ether oxygens (including phenoxy) is 4. The number of unbranched alkanes of at least 4 members (excludes halogenated alkanes) is 48. The summed E-state index contributed by atoms with van der Waals surface area (Å²) in [6.07, 6.45) is 70.2. The Morgan fingerprint density at radius 3 is 0.865 bits per heavy atom. The summed E-state index contributed by atoms with van der Waals surface area (Å²) in [5, 5.41) is 10.7. The van der Waals surface area contributed by atoms with Crippen LogP contribution >= 0.6 is 15.6 Å². The van der Waals surface area contributed by atoms with Crippen molar-refractivity contribution in [1.29, 1.82) is 0 Å². The van der Waals surface area contributed by atoms with Gasteiger partial charge in [-0.05, 0) is 63.2 Å². The van der Waals surface area contributed by atoms with Gasteiger partial charge in [-0.1, -0.05) is 374 Å². The highest BCUT2D eigenvalue weighted by molar-refractivity contribution is 7.47. The topological polar surface area (TPSA) is 237 Å². The van der Waals surface area contributed by atoms with Crippen LogP contribution < -0.4 is 0 Å². The Balaban J connectivity index is 5.28. The van der Waals surface area contributed by atoms with Crippen LogP contribution in [0, 0.1) is 11.8 Å². The Bertz CT molecular complexity index is 2090. The average molecular weight is 1520 g/mol. The maximum atomic E-state index is 13.1. The molecule has 19 heteroatoms. The van der Waals surface area contributed by atoms with E-state index in [1.54, 1.807) is 0 Å². The van der Waals surface area contributed by atoms with Crippen LogP contribution in [0.25, 0.3) is 0 Å². The molecule has 0 saturated heterocycles. The van der Waals surface area contributed by atoms with Crippen molar-refractivity contribution in [1.82, 2.24) is 0 Å². The monoisotopic (exact) mass is 1520 g/mol. The van der Waals surface area contributed by atoms with Gasteiger partial charge in [-0.3, -0.25) is 37.3 Å².